The van der Waals surface area contributed by atoms with E-state index in [2.05, 4.69) is 34.3 Å². The third-order valence-corrected chi connectivity index (χ3v) is 6.79. The van der Waals surface area contributed by atoms with E-state index in [-0.39, 0.29) is 5.91 Å². The minimum absolute atomic E-state index is 0.306. The molecule has 1 amide bonds. The Morgan fingerprint density at radius 1 is 1.03 bits per heavy atom. The molecule has 1 unspecified atom stereocenters. The van der Waals surface area contributed by atoms with Gasteiger partial charge in [0.25, 0.3) is 0 Å². The molecule has 2 aromatic carbocycles. The highest BCUT2D eigenvalue weighted by molar-refractivity contribution is 7.92. The first-order chi connectivity index (χ1) is 14.8. The zero-order valence-corrected chi connectivity index (χ0v) is 19.3. The van der Waals surface area contributed by atoms with Gasteiger partial charge in [-0.15, -0.1) is 0 Å². The number of likely N-dealkylation sites (N-methyl/N-ethyl adjacent to an activating group) is 1. The minimum atomic E-state index is -3.62. The Hall–Kier alpha value is -2.58. The topological polar surface area (TPSA) is 73.0 Å². The maximum atomic E-state index is 12.9. The van der Waals surface area contributed by atoms with Gasteiger partial charge >= 0.3 is 0 Å². The molecule has 1 heterocycles. The standard InChI is InChI=1S/C23H32N4O3S/c1-4-22(27(31(3,29)30)21-8-6-5-7-9-21)23(28)24-18-19-10-12-20(13-11-19)26-16-14-25(2)15-17-26/h5-13,22H,4,14-18H2,1-3H3,(H,24,28). The van der Waals surface area contributed by atoms with Crippen LogP contribution in [0.4, 0.5) is 11.4 Å². The van der Waals surface area contributed by atoms with Gasteiger partial charge in [-0.05, 0) is 43.3 Å². The molecule has 0 aliphatic carbocycles. The SMILES string of the molecule is CCC(C(=O)NCc1ccc(N2CCN(C)CC2)cc1)N(c1ccccc1)S(C)(=O)=O. The lowest BCUT2D eigenvalue weighted by Gasteiger charge is -2.34. The zero-order chi connectivity index (χ0) is 22.4. The van der Waals surface area contributed by atoms with Gasteiger partial charge in [-0.3, -0.25) is 9.10 Å². The molecule has 1 N–H and O–H groups in total. The van der Waals surface area contributed by atoms with Crippen molar-refractivity contribution in [2.24, 2.45) is 0 Å². The molecule has 1 fully saturated rings. The third-order valence-electron chi connectivity index (χ3n) is 5.61. The van der Waals surface area contributed by atoms with Gasteiger partial charge in [0.2, 0.25) is 15.9 Å². The smallest absolute Gasteiger partial charge is 0.244 e. The Kier molecular flexibility index (Phi) is 7.56. The quantitative estimate of drug-likeness (QED) is 0.676. The van der Waals surface area contributed by atoms with Gasteiger partial charge in [0.15, 0.2) is 0 Å². The number of benzene rings is 2. The molecule has 7 nitrogen and oxygen atoms in total. The van der Waals surface area contributed by atoms with Crippen LogP contribution in [0.1, 0.15) is 18.9 Å². The molecule has 2 aromatic rings. The fourth-order valence-corrected chi connectivity index (χ4v) is 5.04. The third kappa shape index (κ3) is 5.98. The highest BCUT2D eigenvalue weighted by atomic mass is 32.2. The minimum Gasteiger partial charge on any atom is -0.369 e. The van der Waals surface area contributed by atoms with E-state index in [0.29, 0.717) is 18.7 Å². The molecule has 3 rings (SSSR count). The molecule has 31 heavy (non-hydrogen) atoms. The summed E-state index contributed by atoms with van der Waals surface area (Å²) in [5.74, 6) is -0.306. The van der Waals surface area contributed by atoms with Crippen LogP contribution in [0.5, 0.6) is 0 Å². The molecular formula is C23H32N4O3S. The van der Waals surface area contributed by atoms with Crippen LogP contribution in [0.15, 0.2) is 54.6 Å². The molecule has 0 aromatic heterocycles. The van der Waals surface area contributed by atoms with Gasteiger partial charge in [0.1, 0.15) is 6.04 Å². The van der Waals surface area contributed by atoms with Crippen molar-refractivity contribution in [1.29, 1.82) is 0 Å². The number of sulfonamides is 1. The average molecular weight is 445 g/mol. The molecule has 1 saturated heterocycles. The summed E-state index contributed by atoms with van der Waals surface area (Å²) in [6.45, 7) is 6.28. The monoisotopic (exact) mass is 444 g/mol. The van der Waals surface area contributed by atoms with Crippen LogP contribution in [0, 0.1) is 0 Å². The van der Waals surface area contributed by atoms with E-state index >= 15 is 0 Å². The van der Waals surface area contributed by atoms with Crippen molar-refractivity contribution in [3.8, 4) is 0 Å². The van der Waals surface area contributed by atoms with Crippen LogP contribution in [-0.2, 0) is 21.4 Å². The normalized spacial score (nSPS) is 16.0. The summed E-state index contributed by atoms with van der Waals surface area (Å²) >= 11 is 0. The first-order valence-electron chi connectivity index (χ1n) is 10.6. The predicted octanol–water partition coefficient (Wildman–Crippen LogP) is 2.30. The van der Waals surface area contributed by atoms with Gasteiger partial charge < -0.3 is 15.1 Å². The highest BCUT2D eigenvalue weighted by Crippen LogP contribution is 2.22. The van der Waals surface area contributed by atoms with Crippen LogP contribution >= 0.6 is 0 Å². The predicted molar refractivity (Wildman–Crippen MR) is 126 cm³/mol. The summed E-state index contributed by atoms with van der Waals surface area (Å²) in [5, 5.41) is 2.91. The van der Waals surface area contributed by atoms with E-state index in [0.717, 1.165) is 38.0 Å². The maximum Gasteiger partial charge on any atom is 0.244 e. The number of anilines is 2. The summed E-state index contributed by atoms with van der Waals surface area (Å²) in [6.07, 6.45) is 1.50. The second-order valence-corrected chi connectivity index (χ2v) is 9.85. The molecule has 0 radical (unpaired) electrons. The lowest BCUT2D eigenvalue weighted by molar-refractivity contribution is -0.122. The van der Waals surface area contributed by atoms with Gasteiger partial charge in [-0.2, -0.15) is 0 Å². The average Bonchev–Trinajstić information content (AvgIpc) is 2.76. The molecule has 0 bridgehead atoms. The molecule has 1 aliphatic heterocycles. The van der Waals surface area contributed by atoms with Gasteiger partial charge in [-0.1, -0.05) is 37.3 Å². The summed E-state index contributed by atoms with van der Waals surface area (Å²) < 4.78 is 26.1. The molecule has 1 aliphatic rings. The number of para-hydroxylation sites is 1. The van der Waals surface area contributed by atoms with E-state index in [1.165, 1.54) is 9.99 Å². The fraction of sp³-hybridized carbons (Fsp3) is 0.435. The number of nitrogens with zero attached hydrogens (tertiary/aromatic N) is 3. The number of carbonyl (C=O) groups is 1. The number of hydrogen-bond donors (Lipinski definition) is 1. The number of piperazine rings is 1. The van der Waals surface area contributed by atoms with Gasteiger partial charge in [0, 0.05) is 38.4 Å². The Morgan fingerprint density at radius 3 is 2.19 bits per heavy atom. The molecule has 0 saturated carbocycles. The van der Waals surface area contributed by atoms with Crippen LogP contribution in [0.3, 0.4) is 0 Å². The first kappa shape index (κ1) is 23.1. The lowest BCUT2D eigenvalue weighted by Crippen LogP contribution is -2.49. The van der Waals surface area contributed by atoms with E-state index in [1.807, 2.05) is 25.1 Å². The number of rotatable bonds is 8. The van der Waals surface area contributed by atoms with Crippen molar-refractivity contribution in [3.63, 3.8) is 0 Å². The van der Waals surface area contributed by atoms with E-state index < -0.39 is 16.1 Å². The Labute approximate surface area is 185 Å². The van der Waals surface area contributed by atoms with Crippen molar-refractivity contribution >= 4 is 27.3 Å². The van der Waals surface area contributed by atoms with Crippen molar-refractivity contribution in [2.75, 3.05) is 48.7 Å². The fourth-order valence-electron chi connectivity index (χ4n) is 3.83. The molecule has 168 valence electrons. The highest BCUT2D eigenvalue weighted by Gasteiger charge is 2.31. The van der Waals surface area contributed by atoms with Gasteiger partial charge in [0.05, 0.1) is 11.9 Å². The van der Waals surface area contributed by atoms with Crippen molar-refractivity contribution in [3.05, 3.63) is 60.2 Å². The second kappa shape index (κ2) is 10.2. The van der Waals surface area contributed by atoms with Crippen molar-refractivity contribution in [1.82, 2.24) is 10.2 Å². The number of hydrogen-bond acceptors (Lipinski definition) is 5. The van der Waals surface area contributed by atoms with E-state index in [4.69, 9.17) is 0 Å². The lowest BCUT2D eigenvalue weighted by atomic mass is 10.1. The van der Waals surface area contributed by atoms with Crippen molar-refractivity contribution < 1.29 is 13.2 Å². The Balaban J connectivity index is 1.65. The first-order valence-corrected chi connectivity index (χ1v) is 12.5. The Morgan fingerprint density at radius 2 is 1.65 bits per heavy atom. The van der Waals surface area contributed by atoms with Crippen molar-refractivity contribution in [2.45, 2.75) is 25.9 Å². The van der Waals surface area contributed by atoms with E-state index in [1.54, 1.807) is 24.3 Å². The number of nitrogens with one attached hydrogen (secondary N) is 1. The number of carbonyl (C=O) groups excluding carboxylic acids is 1. The van der Waals surface area contributed by atoms with Crippen LogP contribution < -0.4 is 14.5 Å². The van der Waals surface area contributed by atoms with Crippen LogP contribution in [-0.4, -0.2) is 64.7 Å². The summed E-state index contributed by atoms with van der Waals surface area (Å²) in [4.78, 5) is 17.6. The van der Waals surface area contributed by atoms with E-state index in [9.17, 15) is 13.2 Å². The number of amides is 1. The summed E-state index contributed by atoms with van der Waals surface area (Å²) in [6, 6.07) is 16.1. The van der Waals surface area contributed by atoms with Crippen LogP contribution in [0.25, 0.3) is 0 Å². The summed E-state index contributed by atoms with van der Waals surface area (Å²) in [7, 11) is -1.48. The largest absolute Gasteiger partial charge is 0.369 e. The van der Waals surface area contributed by atoms with Gasteiger partial charge in [-0.25, -0.2) is 8.42 Å². The maximum absolute atomic E-state index is 12.9. The molecular weight excluding hydrogens is 412 g/mol. The zero-order valence-electron chi connectivity index (χ0n) is 18.5. The molecule has 1 atom stereocenters. The van der Waals surface area contributed by atoms with Crippen LogP contribution in [0.2, 0.25) is 0 Å². The summed E-state index contributed by atoms with van der Waals surface area (Å²) in [5.41, 5.74) is 2.65. The Bertz CT molecular complexity index is 956. The molecule has 8 heteroatoms. The second-order valence-electron chi connectivity index (χ2n) is 7.99. The molecule has 0 spiro atoms.